The molecule has 1 saturated carbocycles. The predicted molar refractivity (Wildman–Crippen MR) is 68.3 cm³/mol. The number of methoxy groups -OCH3 is 1. The monoisotopic (exact) mass is 242 g/mol. The molecule has 1 saturated heterocycles. The quantitative estimate of drug-likeness (QED) is 0.680. The summed E-state index contributed by atoms with van der Waals surface area (Å²) in [4.78, 5) is 2.61. The fourth-order valence-corrected chi connectivity index (χ4v) is 2.81. The Hall–Kier alpha value is -0.160. The maximum atomic E-state index is 5.62. The minimum Gasteiger partial charge on any atom is -0.383 e. The van der Waals surface area contributed by atoms with E-state index in [0.29, 0.717) is 5.41 Å². The topological polar surface area (TPSA) is 33.7 Å². The molecule has 0 bridgehead atoms. The van der Waals surface area contributed by atoms with E-state index in [9.17, 15) is 0 Å². The molecule has 0 aromatic carbocycles. The standard InChI is InChI=1S/C13H26N2O2/c1-14-9-13(5-7-17-11-13)10-15(6-8-16-2)12-3-4-12/h12,14H,3-11H2,1-2H3. The highest BCUT2D eigenvalue weighted by molar-refractivity contribution is 4.93. The van der Waals surface area contributed by atoms with Gasteiger partial charge in [0.05, 0.1) is 13.2 Å². The molecule has 1 atom stereocenters. The van der Waals surface area contributed by atoms with Crippen LogP contribution in [-0.2, 0) is 9.47 Å². The van der Waals surface area contributed by atoms with Crippen LogP contribution in [0.5, 0.6) is 0 Å². The third-order valence-electron chi connectivity index (χ3n) is 3.92. The van der Waals surface area contributed by atoms with Crippen LogP contribution in [0.1, 0.15) is 19.3 Å². The molecular weight excluding hydrogens is 216 g/mol. The molecule has 1 aliphatic carbocycles. The lowest BCUT2D eigenvalue weighted by atomic mass is 9.86. The zero-order valence-electron chi connectivity index (χ0n) is 11.2. The van der Waals surface area contributed by atoms with Crippen molar-refractivity contribution >= 4 is 0 Å². The fourth-order valence-electron chi connectivity index (χ4n) is 2.81. The van der Waals surface area contributed by atoms with Gasteiger partial charge in [0.2, 0.25) is 0 Å². The molecule has 0 amide bonds. The normalized spacial score (nSPS) is 29.1. The Morgan fingerprint density at radius 2 is 2.29 bits per heavy atom. The van der Waals surface area contributed by atoms with Gasteiger partial charge in [-0.15, -0.1) is 0 Å². The van der Waals surface area contributed by atoms with Crippen LogP contribution in [0, 0.1) is 5.41 Å². The highest BCUT2D eigenvalue weighted by Gasteiger charge is 2.39. The van der Waals surface area contributed by atoms with Crippen LogP contribution in [-0.4, -0.2) is 64.6 Å². The Morgan fingerprint density at radius 3 is 2.82 bits per heavy atom. The second-order valence-corrected chi connectivity index (χ2v) is 5.53. The highest BCUT2D eigenvalue weighted by Crippen LogP contribution is 2.34. The van der Waals surface area contributed by atoms with E-state index in [1.54, 1.807) is 7.11 Å². The Morgan fingerprint density at radius 1 is 1.47 bits per heavy atom. The van der Waals surface area contributed by atoms with Gasteiger partial charge in [-0.3, -0.25) is 4.90 Å². The molecule has 17 heavy (non-hydrogen) atoms. The van der Waals surface area contributed by atoms with Gasteiger partial charge in [0.15, 0.2) is 0 Å². The molecular formula is C13H26N2O2. The number of nitrogens with one attached hydrogen (secondary N) is 1. The summed E-state index contributed by atoms with van der Waals surface area (Å²) < 4.78 is 10.8. The number of nitrogens with zero attached hydrogens (tertiary/aromatic N) is 1. The average molecular weight is 242 g/mol. The predicted octanol–water partition coefficient (Wildman–Crippen LogP) is 0.723. The van der Waals surface area contributed by atoms with Crippen LogP contribution >= 0.6 is 0 Å². The minimum absolute atomic E-state index is 0.324. The first-order chi connectivity index (χ1) is 8.29. The molecule has 0 spiro atoms. The highest BCUT2D eigenvalue weighted by atomic mass is 16.5. The second-order valence-electron chi connectivity index (χ2n) is 5.53. The van der Waals surface area contributed by atoms with Gasteiger partial charge < -0.3 is 14.8 Å². The summed E-state index contributed by atoms with van der Waals surface area (Å²) in [5.74, 6) is 0. The zero-order valence-corrected chi connectivity index (χ0v) is 11.2. The van der Waals surface area contributed by atoms with Crippen LogP contribution in [0.4, 0.5) is 0 Å². The van der Waals surface area contributed by atoms with Crippen LogP contribution < -0.4 is 5.32 Å². The smallest absolute Gasteiger partial charge is 0.0589 e. The molecule has 0 aromatic rings. The van der Waals surface area contributed by atoms with E-state index in [4.69, 9.17) is 9.47 Å². The van der Waals surface area contributed by atoms with Crippen molar-refractivity contribution in [1.82, 2.24) is 10.2 Å². The van der Waals surface area contributed by atoms with Crippen molar-refractivity contribution in [2.24, 2.45) is 5.41 Å². The Balaban J connectivity index is 1.89. The Bertz CT molecular complexity index is 225. The molecule has 4 nitrogen and oxygen atoms in total. The van der Waals surface area contributed by atoms with Gasteiger partial charge >= 0.3 is 0 Å². The van der Waals surface area contributed by atoms with Gasteiger partial charge in [0, 0.05) is 44.8 Å². The van der Waals surface area contributed by atoms with E-state index < -0.39 is 0 Å². The molecule has 1 heterocycles. The number of ether oxygens (including phenoxy) is 2. The van der Waals surface area contributed by atoms with Crippen molar-refractivity contribution in [3.05, 3.63) is 0 Å². The van der Waals surface area contributed by atoms with Gasteiger partial charge in [0.1, 0.15) is 0 Å². The number of rotatable bonds is 8. The SMILES string of the molecule is CNCC1(CN(CCOC)C2CC2)CCOC1. The number of hydrogen-bond acceptors (Lipinski definition) is 4. The van der Waals surface area contributed by atoms with Crippen molar-refractivity contribution in [1.29, 1.82) is 0 Å². The van der Waals surface area contributed by atoms with E-state index in [2.05, 4.69) is 10.2 Å². The van der Waals surface area contributed by atoms with Gasteiger partial charge in [-0.05, 0) is 26.3 Å². The number of hydrogen-bond donors (Lipinski definition) is 1. The summed E-state index contributed by atoms with van der Waals surface area (Å²) in [5.41, 5.74) is 0.324. The summed E-state index contributed by atoms with van der Waals surface area (Å²) in [6.45, 7) is 5.94. The Kier molecular flexibility index (Phi) is 4.79. The van der Waals surface area contributed by atoms with Crippen LogP contribution in [0.2, 0.25) is 0 Å². The molecule has 0 radical (unpaired) electrons. The van der Waals surface area contributed by atoms with E-state index in [-0.39, 0.29) is 0 Å². The largest absolute Gasteiger partial charge is 0.383 e. The van der Waals surface area contributed by atoms with Crippen molar-refractivity contribution in [3.63, 3.8) is 0 Å². The molecule has 4 heteroatoms. The summed E-state index contributed by atoms with van der Waals surface area (Å²) in [5, 5.41) is 3.33. The van der Waals surface area contributed by atoms with Crippen LogP contribution in [0.3, 0.4) is 0 Å². The van der Waals surface area contributed by atoms with E-state index in [1.165, 1.54) is 19.3 Å². The molecule has 1 N–H and O–H groups in total. The van der Waals surface area contributed by atoms with Gasteiger partial charge in [0.25, 0.3) is 0 Å². The van der Waals surface area contributed by atoms with Gasteiger partial charge in [-0.25, -0.2) is 0 Å². The maximum absolute atomic E-state index is 5.62. The van der Waals surface area contributed by atoms with E-state index >= 15 is 0 Å². The summed E-state index contributed by atoms with van der Waals surface area (Å²) in [7, 11) is 3.82. The molecule has 1 aliphatic heterocycles. The van der Waals surface area contributed by atoms with Crippen LogP contribution in [0.25, 0.3) is 0 Å². The minimum atomic E-state index is 0.324. The summed E-state index contributed by atoms with van der Waals surface area (Å²) in [6.07, 6.45) is 3.91. The molecule has 2 fully saturated rings. The molecule has 100 valence electrons. The fraction of sp³-hybridized carbons (Fsp3) is 1.00. The summed E-state index contributed by atoms with van der Waals surface area (Å²) >= 11 is 0. The molecule has 1 unspecified atom stereocenters. The van der Waals surface area contributed by atoms with Crippen molar-refractivity contribution in [3.8, 4) is 0 Å². The van der Waals surface area contributed by atoms with Crippen LogP contribution in [0.15, 0.2) is 0 Å². The first-order valence-electron chi connectivity index (χ1n) is 6.75. The first-order valence-corrected chi connectivity index (χ1v) is 6.75. The first kappa shape index (κ1) is 13.3. The molecule has 2 aliphatic rings. The third kappa shape index (κ3) is 3.65. The van der Waals surface area contributed by atoms with Crippen molar-refractivity contribution in [2.45, 2.75) is 25.3 Å². The Labute approximate surface area is 105 Å². The summed E-state index contributed by atoms with van der Waals surface area (Å²) in [6, 6.07) is 0.805. The lowest BCUT2D eigenvalue weighted by molar-refractivity contribution is 0.0839. The van der Waals surface area contributed by atoms with Crippen molar-refractivity contribution in [2.75, 3.05) is 53.6 Å². The lowest BCUT2D eigenvalue weighted by Crippen LogP contribution is -2.45. The maximum Gasteiger partial charge on any atom is 0.0589 e. The molecule has 0 aromatic heterocycles. The molecule has 2 rings (SSSR count). The van der Waals surface area contributed by atoms with E-state index in [1.807, 2.05) is 7.05 Å². The van der Waals surface area contributed by atoms with Gasteiger partial charge in [-0.2, -0.15) is 0 Å². The van der Waals surface area contributed by atoms with E-state index in [0.717, 1.165) is 45.5 Å². The zero-order chi connectivity index (χ0) is 12.1. The van der Waals surface area contributed by atoms with Gasteiger partial charge in [-0.1, -0.05) is 0 Å². The lowest BCUT2D eigenvalue weighted by Gasteiger charge is -2.34. The third-order valence-corrected chi connectivity index (χ3v) is 3.92. The van der Waals surface area contributed by atoms with Crippen molar-refractivity contribution < 1.29 is 9.47 Å². The second kappa shape index (κ2) is 6.14. The average Bonchev–Trinajstić information content (AvgIpc) is 3.07.